The number of rotatable bonds is 3. The highest BCUT2D eigenvalue weighted by Gasteiger charge is 2.24. The summed E-state index contributed by atoms with van der Waals surface area (Å²) in [5.74, 6) is 0.910. The Hall–Kier alpha value is -2.48. The number of aromatic amines is 1. The molecule has 0 bridgehead atoms. The van der Waals surface area contributed by atoms with Gasteiger partial charge in [0.1, 0.15) is 5.82 Å². The van der Waals surface area contributed by atoms with Crippen LogP contribution in [0.2, 0.25) is 0 Å². The third kappa shape index (κ3) is 2.43. The summed E-state index contributed by atoms with van der Waals surface area (Å²) in [7, 11) is 0. The lowest BCUT2D eigenvalue weighted by Gasteiger charge is -2.33. The maximum absolute atomic E-state index is 13.4. The van der Waals surface area contributed by atoms with Gasteiger partial charge in [-0.3, -0.25) is 9.67 Å². The van der Waals surface area contributed by atoms with Crippen LogP contribution in [0.5, 0.6) is 0 Å². The van der Waals surface area contributed by atoms with Crippen LogP contribution >= 0.6 is 0 Å². The minimum Gasteiger partial charge on any atom is -0.377 e. The van der Waals surface area contributed by atoms with E-state index < -0.39 is 6.43 Å². The molecule has 0 unspecified atom stereocenters. The number of ether oxygens (including phenoxy) is 1. The lowest BCUT2D eigenvalue weighted by molar-refractivity contribution is 0.0985. The van der Waals surface area contributed by atoms with Crippen LogP contribution in [-0.4, -0.2) is 45.5 Å². The fourth-order valence-corrected chi connectivity index (χ4v) is 3.07. The van der Waals surface area contributed by atoms with Gasteiger partial charge >= 0.3 is 0 Å². The van der Waals surface area contributed by atoms with Crippen LogP contribution in [0.25, 0.3) is 16.9 Å². The first-order valence-electron chi connectivity index (χ1n) is 7.81. The number of nitrogens with zero attached hydrogens (tertiary/aromatic N) is 4. The van der Waals surface area contributed by atoms with Crippen molar-refractivity contribution in [3.05, 3.63) is 36.2 Å². The summed E-state index contributed by atoms with van der Waals surface area (Å²) in [6, 6.07) is 9.04. The molecule has 1 saturated heterocycles. The Kier molecular flexibility index (Phi) is 3.68. The molecule has 1 aromatic carbocycles. The van der Waals surface area contributed by atoms with Gasteiger partial charge in [0, 0.05) is 12.6 Å². The monoisotopic (exact) mass is 333 g/mol. The van der Waals surface area contributed by atoms with E-state index in [4.69, 9.17) is 4.74 Å². The molecule has 1 fully saturated rings. The number of hydrogen-bond acceptors (Lipinski definition) is 4. The average Bonchev–Trinajstić information content (AvgIpc) is 3.19. The van der Waals surface area contributed by atoms with Gasteiger partial charge < -0.3 is 9.64 Å². The second-order valence-electron chi connectivity index (χ2n) is 5.82. The molecule has 3 heterocycles. The maximum Gasteiger partial charge on any atom is 0.296 e. The number of aromatic nitrogens is 4. The van der Waals surface area contributed by atoms with Gasteiger partial charge in [0.05, 0.1) is 30.3 Å². The van der Waals surface area contributed by atoms with E-state index in [0.717, 1.165) is 12.4 Å². The summed E-state index contributed by atoms with van der Waals surface area (Å²) in [6.45, 7) is 4.02. The third-order valence-corrected chi connectivity index (χ3v) is 4.24. The molecule has 1 aliphatic rings. The molecule has 2 aromatic heterocycles. The number of halogens is 2. The molecular weight excluding hydrogens is 316 g/mol. The number of fused-ring (bicyclic) bond motifs is 1. The molecule has 3 aromatic rings. The van der Waals surface area contributed by atoms with E-state index >= 15 is 0 Å². The smallest absolute Gasteiger partial charge is 0.296 e. The topological polar surface area (TPSA) is 59.0 Å². The number of morpholine rings is 1. The number of anilines is 1. The quantitative estimate of drug-likeness (QED) is 0.801. The number of nitrogens with one attached hydrogen (secondary N) is 1. The van der Waals surface area contributed by atoms with Crippen molar-refractivity contribution < 1.29 is 13.5 Å². The molecule has 0 spiro atoms. The third-order valence-electron chi connectivity index (χ3n) is 4.24. The molecule has 8 heteroatoms. The van der Waals surface area contributed by atoms with Crippen molar-refractivity contribution in [1.82, 2.24) is 19.7 Å². The van der Waals surface area contributed by atoms with Crippen LogP contribution < -0.4 is 4.90 Å². The number of imidazole rings is 1. The van der Waals surface area contributed by atoms with Crippen molar-refractivity contribution >= 4 is 16.9 Å². The standard InChI is InChI=1S/C16H17F2N5O/c1-10-9-24-7-6-22(10)13-8-14(21-20-13)23-12-5-3-2-4-11(12)19-16(23)15(17)18/h2-5,8,10,15H,6-7,9H2,1H3,(H,20,21)/t10-/m0/s1. The van der Waals surface area contributed by atoms with Crippen molar-refractivity contribution in [2.75, 3.05) is 24.7 Å². The molecule has 24 heavy (non-hydrogen) atoms. The first kappa shape index (κ1) is 15.1. The van der Waals surface area contributed by atoms with Crippen LogP contribution in [0.3, 0.4) is 0 Å². The Morgan fingerprint density at radius 2 is 2.17 bits per heavy atom. The molecule has 126 valence electrons. The van der Waals surface area contributed by atoms with Crippen LogP contribution in [0, 0.1) is 0 Å². The molecule has 1 aliphatic heterocycles. The van der Waals surface area contributed by atoms with E-state index in [1.165, 1.54) is 4.57 Å². The fraction of sp³-hybridized carbons (Fsp3) is 0.375. The Bertz CT molecular complexity index is 859. The predicted octanol–water partition coefficient (Wildman–Crippen LogP) is 2.91. The largest absolute Gasteiger partial charge is 0.377 e. The van der Waals surface area contributed by atoms with Gasteiger partial charge in [0.25, 0.3) is 6.43 Å². The molecule has 6 nitrogen and oxygen atoms in total. The molecule has 1 atom stereocenters. The van der Waals surface area contributed by atoms with E-state index in [2.05, 4.69) is 20.1 Å². The molecule has 0 radical (unpaired) electrons. The van der Waals surface area contributed by atoms with E-state index in [9.17, 15) is 8.78 Å². The number of hydrogen-bond donors (Lipinski definition) is 1. The fourth-order valence-electron chi connectivity index (χ4n) is 3.07. The van der Waals surface area contributed by atoms with Gasteiger partial charge in [-0.05, 0) is 19.1 Å². The van der Waals surface area contributed by atoms with Crippen molar-refractivity contribution in [2.45, 2.75) is 19.4 Å². The van der Waals surface area contributed by atoms with Gasteiger partial charge in [-0.2, -0.15) is 5.10 Å². The van der Waals surface area contributed by atoms with Crippen LogP contribution in [-0.2, 0) is 4.74 Å². The van der Waals surface area contributed by atoms with Gasteiger partial charge in [-0.1, -0.05) is 12.1 Å². The lowest BCUT2D eigenvalue weighted by Crippen LogP contribution is -2.43. The van der Waals surface area contributed by atoms with Gasteiger partial charge in [0.2, 0.25) is 0 Å². The van der Waals surface area contributed by atoms with E-state index in [-0.39, 0.29) is 11.9 Å². The summed E-state index contributed by atoms with van der Waals surface area (Å²) in [5.41, 5.74) is 1.15. The first-order chi connectivity index (χ1) is 11.6. The normalized spacial score (nSPS) is 18.7. The lowest BCUT2D eigenvalue weighted by atomic mass is 10.2. The van der Waals surface area contributed by atoms with Crippen molar-refractivity contribution in [2.24, 2.45) is 0 Å². The first-order valence-corrected chi connectivity index (χ1v) is 7.81. The number of benzene rings is 1. The molecule has 0 saturated carbocycles. The SMILES string of the molecule is C[C@H]1COCCN1c1cc(-n2c(C(F)F)nc3ccccc32)[nH]n1. The van der Waals surface area contributed by atoms with Crippen LogP contribution in [0.15, 0.2) is 30.3 Å². The summed E-state index contributed by atoms with van der Waals surface area (Å²) < 4.78 is 33.7. The van der Waals surface area contributed by atoms with Gasteiger partial charge in [-0.25, -0.2) is 13.8 Å². The highest BCUT2D eigenvalue weighted by atomic mass is 19.3. The zero-order valence-electron chi connectivity index (χ0n) is 13.1. The highest BCUT2D eigenvalue weighted by Crippen LogP contribution is 2.28. The molecular formula is C16H17F2N5O. The molecule has 4 rings (SSSR count). The zero-order valence-corrected chi connectivity index (χ0v) is 13.1. The van der Waals surface area contributed by atoms with Crippen LogP contribution in [0.1, 0.15) is 19.2 Å². The van der Waals surface area contributed by atoms with Gasteiger partial charge in [0.15, 0.2) is 11.6 Å². The Balaban J connectivity index is 1.79. The van der Waals surface area contributed by atoms with Crippen molar-refractivity contribution in [3.8, 4) is 5.82 Å². The summed E-state index contributed by atoms with van der Waals surface area (Å²) in [5, 5.41) is 7.18. The highest BCUT2D eigenvalue weighted by molar-refractivity contribution is 5.78. The Morgan fingerprint density at radius 1 is 1.33 bits per heavy atom. The Labute approximate surface area is 137 Å². The summed E-state index contributed by atoms with van der Waals surface area (Å²) >= 11 is 0. The van der Waals surface area contributed by atoms with Gasteiger partial charge in [-0.15, -0.1) is 0 Å². The predicted molar refractivity (Wildman–Crippen MR) is 85.8 cm³/mol. The second kappa shape index (κ2) is 5.86. The number of H-pyrrole nitrogens is 1. The molecule has 1 N–H and O–H groups in total. The second-order valence-corrected chi connectivity index (χ2v) is 5.82. The van der Waals surface area contributed by atoms with Crippen molar-refractivity contribution in [3.63, 3.8) is 0 Å². The molecule has 0 aliphatic carbocycles. The number of para-hydroxylation sites is 2. The van der Waals surface area contributed by atoms with Crippen LogP contribution in [0.4, 0.5) is 14.6 Å². The minimum absolute atomic E-state index is 0.184. The van der Waals surface area contributed by atoms with Crippen molar-refractivity contribution in [1.29, 1.82) is 0 Å². The number of alkyl halides is 2. The summed E-state index contributed by atoms with van der Waals surface area (Å²) in [6.07, 6.45) is -2.67. The Morgan fingerprint density at radius 3 is 2.96 bits per heavy atom. The summed E-state index contributed by atoms with van der Waals surface area (Å²) in [4.78, 5) is 6.16. The maximum atomic E-state index is 13.4. The zero-order chi connectivity index (χ0) is 16.7. The van der Waals surface area contributed by atoms with E-state index in [1.54, 1.807) is 30.3 Å². The molecule has 0 amide bonds. The van der Waals surface area contributed by atoms with E-state index in [0.29, 0.717) is 30.1 Å². The average molecular weight is 333 g/mol. The van der Waals surface area contributed by atoms with E-state index in [1.807, 2.05) is 6.92 Å². The minimum atomic E-state index is -2.67.